The lowest BCUT2D eigenvalue weighted by Crippen LogP contribution is -2.36. The average molecular weight is 490 g/mol. The zero-order chi connectivity index (χ0) is 25.4. The summed E-state index contributed by atoms with van der Waals surface area (Å²) in [6.45, 7) is 6.45. The first-order valence-corrected chi connectivity index (χ1v) is 12.2. The van der Waals surface area contributed by atoms with Crippen LogP contribution in [0.4, 0.5) is 4.79 Å². The number of nitrogens with two attached hydrogens (primary N) is 1. The van der Waals surface area contributed by atoms with Gasteiger partial charge in [0.25, 0.3) is 5.91 Å². The Morgan fingerprint density at radius 2 is 1.92 bits per heavy atom. The van der Waals surface area contributed by atoms with Gasteiger partial charge in [-0.3, -0.25) is 4.79 Å². The van der Waals surface area contributed by atoms with Crippen molar-refractivity contribution in [3.8, 4) is 17.0 Å². The summed E-state index contributed by atoms with van der Waals surface area (Å²) in [5.41, 5.74) is 9.21. The van der Waals surface area contributed by atoms with E-state index in [-0.39, 0.29) is 11.8 Å². The summed E-state index contributed by atoms with van der Waals surface area (Å²) in [6.07, 6.45) is 9.17. The molecule has 0 atom stereocenters. The molecular weight excluding hydrogens is 458 g/mol. The van der Waals surface area contributed by atoms with Crippen LogP contribution in [0.1, 0.15) is 61.8 Å². The van der Waals surface area contributed by atoms with Crippen molar-refractivity contribution >= 4 is 17.6 Å². The number of allylic oxidation sites excluding steroid dienone is 3. The predicted molar refractivity (Wildman–Crippen MR) is 136 cm³/mol. The van der Waals surface area contributed by atoms with Crippen LogP contribution < -0.4 is 10.5 Å². The maximum absolute atomic E-state index is 12.8. The summed E-state index contributed by atoms with van der Waals surface area (Å²) in [7, 11) is 0. The van der Waals surface area contributed by atoms with E-state index < -0.39 is 11.5 Å². The molecule has 1 aliphatic heterocycles. The number of fused-ring (bicyclic) bond motifs is 3. The number of carbonyl (C=O) groups excluding carboxylic acids is 2. The van der Waals surface area contributed by atoms with Gasteiger partial charge in [-0.15, -0.1) is 0 Å². The van der Waals surface area contributed by atoms with Gasteiger partial charge in [0.05, 0.1) is 17.9 Å². The molecule has 9 heteroatoms. The topological polar surface area (TPSA) is 115 Å². The fourth-order valence-electron chi connectivity index (χ4n) is 4.55. The van der Waals surface area contributed by atoms with E-state index in [4.69, 9.17) is 20.3 Å². The molecule has 9 nitrogen and oxygen atoms in total. The summed E-state index contributed by atoms with van der Waals surface area (Å²) in [4.78, 5) is 30.4. The van der Waals surface area contributed by atoms with Gasteiger partial charge < -0.3 is 25.1 Å². The van der Waals surface area contributed by atoms with Gasteiger partial charge in [-0.05, 0) is 82.9 Å². The number of nitrogens with one attached hydrogen (secondary N) is 1. The molecule has 3 N–H and O–H groups in total. The van der Waals surface area contributed by atoms with Crippen LogP contribution in [-0.4, -0.2) is 43.6 Å². The number of aryl methyl sites for hydroxylation is 1. The summed E-state index contributed by atoms with van der Waals surface area (Å²) in [5.74, 6) is 0.938. The molecule has 0 saturated carbocycles. The first kappa shape index (κ1) is 23.7. The fraction of sp³-hybridized carbons (Fsp3) is 0.370. The van der Waals surface area contributed by atoms with Crippen molar-refractivity contribution in [2.24, 2.45) is 5.73 Å². The molecular formula is C27H31N5O4. The molecule has 36 heavy (non-hydrogen) atoms. The van der Waals surface area contributed by atoms with Crippen molar-refractivity contribution in [2.75, 3.05) is 6.54 Å². The highest BCUT2D eigenvalue weighted by Gasteiger charge is 2.30. The minimum Gasteiger partial charge on any atom is -0.458 e. The van der Waals surface area contributed by atoms with E-state index in [2.05, 4.69) is 17.1 Å². The quantitative estimate of drug-likeness (QED) is 0.550. The lowest BCUT2D eigenvalue weighted by atomic mass is 10.1. The molecule has 0 saturated heterocycles. The number of hydrogen-bond donors (Lipinski definition) is 2. The van der Waals surface area contributed by atoms with Gasteiger partial charge in [-0.25, -0.2) is 9.31 Å². The van der Waals surface area contributed by atoms with Crippen molar-refractivity contribution in [3.63, 3.8) is 0 Å². The largest absolute Gasteiger partial charge is 0.458 e. The Kier molecular flexibility index (Phi) is 6.07. The van der Waals surface area contributed by atoms with Crippen LogP contribution in [0.3, 0.4) is 0 Å². The average Bonchev–Trinajstić information content (AvgIpc) is 3.26. The number of rotatable bonds is 4. The summed E-state index contributed by atoms with van der Waals surface area (Å²) in [6, 6.07) is 7.48. The highest BCUT2D eigenvalue weighted by atomic mass is 16.6. The zero-order valence-electron chi connectivity index (χ0n) is 20.8. The molecule has 2 aliphatic rings. The van der Waals surface area contributed by atoms with Gasteiger partial charge in [0.15, 0.2) is 5.69 Å². The number of carbonyl (C=O) groups is 2. The molecule has 2 amide bonds. The van der Waals surface area contributed by atoms with E-state index in [1.165, 1.54) is 0 Å². The minimum atomic E-state index is -0.587. The van der Waals surface area contributed by atoms with Crippen LogP contribution in [0.15, 0.2) is 48.3 Å². The highest BCUT2D eigenvalue weighted by Crippen LogP contribution is 2.31. The van der Waals surface area contributed by atoms with E-state index >= 15 is 0 Å². The number of aromatic nitrogens is 3. The molecule has 188 valence electrons. The second-order valence-electron chi connectivity index (χ2n) is 10.1. The minimum absolute atomic E-state index is 0.272. The van der Waals surface area contributed by atoms with E-state index in [0.29, 0.717) is 36.6 Å². The summed E-state index contributed by atoms with van der Waals surface area (Å²) in [5, 5.41) is 4.71. The molecule has 3 aromatic rings. The highest BCUT2D eigenvalue weighted by molar-refractivity contribution is 5.98. The van der Waals surface area contributed by atoms with E-state index in [0.717, 1.165) is 41.8 Å². The Labute approximate surface area is 209 Å². The van der Waals surface area contributed by atoms with E-state index in [1.54, 1.807) is 9.42 Å². The van der Waals surface area contributed by atoms with Crippen LogP contribution in [0.2, 0.25) is 0 Å². The molecule has 2 aromatic heterocycles. The number of H-pyrrole nitrogens is 1. The van der Waals surface area contributed by atoms with Crippen molar-refractivity contribution in [1.82, 2.24) is 19.5 Å². The number of ether oxygens (including phenoxy) is 2. The van der Waals surface area contributed by atoms with Gasteiger partial charge in [-0.2, -0.15) is 5.10 Å². The van der Waals surface area contributed by atoms with Crippen molar-refractivity contribution in [3.05, 3.63) is 65.2 Å². The Bertz CT molecular complexity index is 1370. The Morgan fingerprint density at radius 1 is 1.14 bits per heavy atom. The van der Waals surface area contributed by atoms with Crippen molar-refractivity contribution < 1.29 is 19.1 Å². The number of hydrogen-bond acceptors (Lipinski definition) is 5. The second-order valence-corrected chi connectivity index (χ2v) is 10.1. The molecule has 0 spiro atoms. The number of aromatic amines is 1. The third-order valence-electron chi connectivity index (χ3n) is 6.17. The van der Waals surface area contributed by atoms with Gasteiger partial charge in [0, 0.05) is 17.7 Å². The van der Waals surface area contributed by atoms with Crippen LogP contribution in [0.25, 0.3) is 16.9 Å². The van der Waals surface area contributed by atoms with Gasteiger partial charge in [-0.1, -0.05) is 6.08 Å². The monoisotopic (exact) mass is 489 g/mol. The third kappa shape index (κ3) is 4.73. The van der Waals surface area contributed by atoms with E-state index in [1.807, 2.05) is 51.1 Å². The van der Waals surface area contributed by atoms with Gasteiger partial charge in [0.2, 0.25) is 0 Å². The van der Waals surface area contributed by atoms with Gasteiger partial charge >= 0.3 is 6.09 Å². The SMILES string of the molecule is CC(C)(C)OC(=O)N1CCCc2nn3c(C(N)=O)c(-c4ccc(OC5=CCCC=C5)cc4)[nH]c3c2C1. The van der Waals surface area contributed by atoms with Crippen molar-refractivity contribution in [2.45, 2.75) is 58.6 Å². The van der Waals surface area contributed by atoms with Crippen LogP contribution in [-0.2, 0) is 17.7 Å². The molecule has 0 unspecified atom stereocenters. The number of imidazole rings is 1. The van der Waals surface area contributed by atoms with Gasteiger partial charge in [0.1, 0.15) is 22.8 Å². The summed E-state index contributed by atoms with van der Waals surface area (Å²) < 4.78 is 13.1. The maximum atomic E-state index is 12.8. The molecule has 0 fully saturated rings. The van der Waals surface area contributed by atoms with E-state index in [9.17, 15) is 9.59 Å². The Hall–Kier alpha value is -4.01. The molecule has 3 heterocycles. The molecule has 1 aromatic carbocycles. The number of nitrogens with zero attached hydrogens (tertiary/aromatic N) is 3. The molecule has 0 bridgehead atoms. The molecule has 0 radical (unpaired) electrons. The Morgan fingerprint density at radius 3 is 2.58 bits per heavy atom. The third-order valence-corrected chi connectivity index (χ3v) is 6.17. The van der Waals surface area contributed by atoms with Crippen LogP contribution in [0.5, 0.6) is 5.75 Å². The van der Waals surface area contributed by atoms with Crippen molar-refractivity contribution in [1.29, 1.82) is 0 Å². The Balaban J connectivity index is 1.48. The number of amides is 2. The second kappa shape index (κ2) is 9.22. The molecule has 5 rings (SSSR count). The van der Waals surface area contributed by atoms with Crippen LogP contribution in [0, 0.1) is 0 Å². The first-order valence-electron chi connectivity index (χ1n) is 12.2. The fourth-order valence-corrected chi connectivity index (χ4v) is 4.55. The lowest BCUT2D eigenvalue weighted by molar-refractivity contribution is 0.0237. The smallest absolute Gasteiger partial charge is 0.410 e. The number of primary amides is 1. The molecule has 1 aliphatic carbocycles. The first-order chi connectivity index (χ1) is 17.2. The number of benzene rings is 1. The predicted octanol–water partition coefficient (Wildman–Crippen LogP) is 4.72. The maximum Gasteiger partial charge on any atom is 0.410 e. The normalized spacial score (nSPS) is 15.9. The lowest BCUT2D eigenvalue weighted by Gasteiger charge is -2.26. The standard InChI is InChI=1S/C27H31N5O4/c1-27(2,3)36-26(34)31-15-7-10-21-20(16-31)25-29-22(23(24(28)33)32(25)30-21)17-11-13-19(14-12-17)35-18-8-5-4-6-9-18/h5,8-9,11-14,29H,4,6-7,10,15-16H2,1-3H3,(H2,28,33). The van der Waals surface area contributed by atoms with Crippen LogP contribution >= 0.6 is 0 Å². The zero-order valence-corrected chi connectivity index (χ0v) is 20.8. The summed E-state index contributed by atoms with van der Waals surface area (Å²) >= 11 is 0.